The lowest BCUT2D eigenvalue weighted by Gasteiger charge is -2.07. The molecular formula is C18H17FN4O3S. The SMILES string of the molecule is CC(=O)Nc1ccc(S(=O)(=O)Nc2ccn(Cc3ccc(F)cc3)n2)cc1. The van der Waals surface area contributed by atoms with Gasteiger partial charge in [-0.3, -0.25) is 14.2 Å². The van der Waals surface area contributed by atoms with Crippen LogP contribution in [0, 0.1) is 5.82 Å². The standard InChI is InChI=1S/C18H17FN4O3S/c1-13(24)20-16-6-8-17(9-7-16)27(25,26)22-18-10-11-23(21-18)12-14-2-4-15(19)5-3-14/h2-11H,12H2,1H3,(H,20,24)(H,21,22). The van der Waals surface area contributed by atoms with Crippen molar-refractivity contribution in [2.24, 2.45) is 0 Å². The number of aromatic nitrogens is 2. The van der Waals surface area contributed by atoms with Crippen LogP contribution in [0.25, 0.3) is 0 Å². The Labute approximate surface area is 155 Å². The highest BCUT2D eigenvalue weighted by molar-refractivity contribution is 7.92. The fraction of sp³-hybridized carbons (Fsp3) is 0.111. The van der Waals surface area contributed by atoms with Crippen LogP contribution < -0.4 is 10.0 Å². The molecule has 0 atom stereocenters. The smallest absolute Gasteiger partial charge is 0.263 e. The number of hydrogen-bond donors (Lipinski definition) is 2. The largest absolute Gasteiger partial charge is 0.326 e. The van der Waals surface area contributed by atoms with E-state index in [0.29, 0.717) is 12.2 Å². The first-order chi connectivity index (χ1) is 12.8. The lowest BCUT2D eigenvalue weighted by Crippen LogP contribution is -2.14. The second-order valence-corrected chi connectivity index (χ2v) is 7.52. The zero-order chi connectivity index (χ0) is 19.4. The molecule has 0 bridgehead atoms. The van der Waals surface area contributed by atoms with Crippen molar-refractivity contribution in [3.63, 3.8) is 0 Å². The second-order valence-electron chi connectivity index (χ2n) is 5.84. The number of nitrogens with zero attached hydrogens (tertiary/aromatic N) is 2. The molecule has 2 N–H and O–H groups in total. The molecule has 7 nitrogen and oxygen atoms in total. The van der Waals surface area contributed by atoms with Crippen LogP contribution in [0.4, 0.5) is 15.9 Å². The van der Waals surface area contributed by atoms with Gasteiger partial charge in [-0.25, -0.2) is 12.8 Å². The number of hydrogen-bond acceptors (Lipinski definition) is 4. The maximum atomic E-state index is 12.9. The number of carbonyl (C=O) groups excluding carboxylic acids is 1. The Hall–Kier alpha value is -3.20. The van der Waals surface area contributed by atoms with Crippen molar-refractivity contribution in [2.45, 2.75) is 18.4 Å². The van der Waals surface area contributed by atoms with Crippen molar-refractivity contribution < 1.29 is 17.6 Å². The third-order valence-corrected chi connectivity index (χ3v) is 4.99. The molecule has 1 heterocycles. The minimum Gasteiger partial charge on any atom is -0.326 e. The van der Waals surface area contributed by atoms with E-state index < -0.39 is 10.0 Å². The highest BCUT2D eigenvalue weighted by Crippen LogP contribution is 2.17. The zero-order valence-corrected chi connectivity index (χ0v) is 15.2. The van der Waals surface area contributed by atoms with Gasteiger partial charge in [-0.05, 0) is 42.0 Å². The summed E-state index contributed by atoms with van der Waals surface area (Å²) in [5, 5.41) is 6.74. The average Bonchev–Trinajstić information content (AvgIpc) is 3.03. The van der Waals surface area contributed by atoms with Gasteiger partial charge in [-0.1, -0.05) is 12.1 Å². The molecule has 27 heavy (non-hydrogen) atoms. The molecule has 0 saturated heterocycles. The summed E-state index contributed by atoms with van der Waals surface area (Å²) in [4.78, 5) is 11.1. The Bertz CT molecular complexity index is 1040. The molecule has 1 aromatic heterocycles. The third kappa shape index (κ3) is 4.91. The van der Waals surface area contributed by atoms with Crippen LogP contribution in [0.2, 0.25) is 0 Å². The summed E-state index contributed by atoms with van der Waals surface area (Å²) < 4.78 is 41.8. The van der Waals surface area contributed by atoms with E-state index >= 15 is 0 Å². The van der Waals surface area contributed by atoms with E-state index in [1.165, 1.54) is 49.4 Å². The minimum absolute atomic E-state index is 0.0460. The molecule has 140 valence electrons. The fourth-order valence-corrected chi connectivity index (χ4v) is 3.39. The van der Waals surface area contributed by atoms with Crippen molar-refractivity contribution >= 4 is 27.4 Å². The molecule has 0 aliphatic rings. The number of sulfonamides is 1. The zero-order valence-electron chi connectivity index (χ0n) is 14.4. The summed E-state index contributed by atoms with van der Waals surface area (Å²) in [6, 6.07) is 13.3. The summed E-state index contributed by atoms with van der Waals surface area (Å²) in [5.74, 6) is -0.393. The summed E-state index contributed by atoms with van der Waals surface area (Å²) in [6.07, 6.45) is 1.63. The van der Waals surface area contributed by atoms with Crippen LogP contribution >= 0.6 is 0 Å². The summed E-state index contributed by atoms with van der Waals surface area (Å²) in [7, 11) is -3.81. The Balaban J connectivity index is 1.69. The van der Waals surface area contributed by atoms with E-state index in [0.717, 1.165) is 5.56 Å². The van der Waals surface area contributed by atoms with E-state index in [4.69, 9.17) is 0 Å². The number of carbonyl (C=O) groups is 1. The number of anilines is 2. The van der Waals surface area contributed by atoms with Gasteiger partial charge >= 0.3 is 0 Å². The molecule has 0 spiro atoms. The van der Waals surface area contributed by atoms with E-state index in [2.05, 4.69) is 15.1 Å². The van der Waals surface area contributed by atoms with E-state index in [1.807, 2.05) is 0 Å². The molecular weight excluding hydrogens is 371 g/mol. The van der Waals surface area contributed by atoms with Gasteiger partial charge in [0.15, 0.2) is 5.82 Å². The van der Waals surface area contributed by atoms with Crippen LogP contribution in [0.5, 0.6) is 0 Å². The van der Waals surface area contributed by atoms with Crippen LogP contribution in [0.15, 0.2) is 65.7 Å². The molecule has 0 fully saturated rings. The maximum Gasteiger partial charge on any atom is 0.263 e. The third-order valence-electron chi connectivity index (χ3n) is 3.62. The normalized spacial score (nSPS) is 11.2. The van der Waals surface area contributed by atoms with Gasteiger partial charge in [0.2, 0.25) is 5.91 Å². The highest BCUT2D eigenvalue weighted by atomic mass is 32.2. The first-order valence-corrected chi connectivity index (χ1v) is 9.48. The average molecular weight is 388 g/mol. The van der Waals surface area contributed by atoms with Gasteiger partial charge in [-0.2, -0.15) is 5.10 Å². The molecule has 3 rings (SSSR count). The van der Waals surface area contributed by atoms with Gasteiger partial charge in [0, 0.05) is 24.9 Å². The van der Waals surface area contributed by atoms with Crippen LogP contribution in [-0.4, -0.2) is 24.1 Å². The fourth-order valence-electron chi connectivity index (χ4n) is 2.40. The number of amides is 1. The first-order valence-electron chi connectivity index (χ1n) is 8.00. The van der Waals surface area contributed by atoms with Crippen LogP contribution in [-0.2, 0) is 21.4 Å². The van der Waals surface area contributed by atoms with E-state index in [-0.39, 0.29) is 22.4 Å². The molecule has 0 saturated carbocycles. The van der Waals surface area contributed by atoms with Crippen molar-refractivity contribution in [2.75, 3.05) is 10.0 Å². The Morgan fingerprint density at radius 3 is 2.37 bits per heavy atom. The molecule has 0 aliphatic heterocycles. The lowest BCUT2D eigenvalue weighted by atomic mass is 10.2. The van der Waals surface area contributed by atoms with Crippen LogP contribution in [0.3, 0.4) is 0 Å². The first kappa shape index (κ1) is 18.6. The van der Waals surface area contributed by atoms with Gasteiger partial charge in [0.1, 0.15) is 5.82 Å². The summed E-state index contributed by atoms with van der Waals surface area (Å²) in [5.41, 5.74) is 1.34. The predicted molar refractivity (Wildman–Crippen MR) is 99.3 cm³/mol. The van der Waals surface area contributed by atoms with Gasteiger partial charge in [0.05, 0.1) is 11.4 Å². The maximum absolute atomic E-state index is 12.9. The van der Waals surface area contributed by atoms with Crippen LogP contribution in [0.1, 0.15) is 12.5 Å². The van der Waals surface area contributed by atoms with Crippen molar-refractivity contribution in [3.8, 4) is 0 Å². The highest BCUT2D eigenvalue weighted by Gasteiger charge is 2.15. The topological polar surface area (TPSA) is 93.1 Å². The summed E-state index contributed by atoms with van der Waals surface area (Å²) in [6.45, 7) is 1.75. The Kier molecular flexibility index (Phi) is 5.22. The lowest BCUT2D eigenvalue weighted by molar-refractivity contribution is -0.114. The van der Waals surface area contributed by atoms with Crippen molar-refractivity contribution in [1.82, 2.24) is 9.78 Å². The van der Waals surface area contributed by atoms with Gasteiger partial charge in [-0.15, -0.1) is 0 Å². The molecule has 2 aromatic carbocycles. The Morgan fingerprint density at radius 2 is 1.74 bits per heavy atom. The molecule has 1 amide bonds. The second kappa shape index (κ2) is 7.58. The minimum atomic E-state index is -3.81. The summed E-state index contributed by atoms with van der Waals surface area (Å²) >= 11 is 0. The van der Waals surface area contributed by atoms with E-state index in [1.54, 1.807) is 23.0 Å². The van der Waals surface area contributed by atoms with Crippen molar-refractivity contribution in [1.29, 1.82) is 0 Å². The number of halogens is 1. The van der Waals surface area contributed by atoms with Gasteiger partial charge < -0.3 is 5.32 Å². The molecule has 9 heteroatoms. The predicted octanol–water partition coefficient (Wildman–Crippen LogP) is 2.83. The Morgan fingerprint density at radius 1 is 1.07 bits per heavy atom. The van der Waals surface area contributed by atoms with Gasteiger partial charge in [0.25, 0.3) is 10.0 Å². The number of rotatable bonds is 6. The van der Waals surface area contributed by atoms with E-state index in [9.17, 15) is 17.6 Å². The molecule has 3 aromatic rings. The number of benzene rings is 2. The van der Waals surface area contributed by atoms with Crippen molar-refractivity contribution in [3.05, 3.63) is 72.2 Å². The monoisotopic (exact) mass is 388 g/mol. The molecule has 0 aliphatic carbocycles. The molecule has 0 radical (unpaired) electrons. The quantitative estimate of drug-likeness (QED) is 0.679. The molecule has 0 unspecified atom stereocenters. The number of nitrogens with one attached hydrogen (secondary N) is 2.